The second kappa shape index (κ2) is 7.69. The van der Waals surface area contributed by atoms with Gasteiger partial charge in [0.05, 0.1) is 6.42 Å². The summed E-state index contributed by atoms with van der Waals surface area (Å²) in [7, 11) is 0. The van der Waals surface area contributed by atoms with Crippen LogP contribution in [0.15, 0.2) is 54.6 Å². The first kappa shape index (κ1) is 17.5. The van der Waals surface area contributed by atoms with E-state index in [2.05, 4.69) is 20.8 Å². The van der Waals surface area contributed by atoms with Gasteiger partial charge in [0.2, 0.25) is 5.91 Å². The Bertz CT molecular complexity index is 929. The fourth-order valence-electron chi connectivity index (χ4n) is 2.38. The van der Waals surface area contributed by atoms with E-state index in [9.17, 15) is 13.6 Å². The first-order valence-corrected chi connectivity index (χ1v) is 7.91. The van der Waals surface area contributed by atoms with Gasteiger partial charge >= 0.3 is 0 Å². The molecule has 1 heterocycles. The predicted molar refractivity (Wildman–Crippen MR) is 95.2 cm³/mol. The second-order valence-electron chi connectivity index (χ2n) is 5.77. The molecule has 5 nitrogen and oxygen atoms in total. The summed E-state index contributed by atoms with van der Waals surface area (Å²) in [6.07, 6.45) is 0.234. The summed E-state index contributed by atoms with van der Waals surface area (Å²) in [5.41, 5.74) is 2.34. The fraction of sp³-hybridized carbons (Fsp3) is 0.105. The van der Waals surface area contributed by atoms with E-state index in [1.165, 1.54) is 6.07 Å². The zero-order valence-corrected chi connectivity index (χ0v) is 14.0. The van der Waals surface area contributed by atoms with Gasteiger partial charge in [0, 0.05) is 11.8 Å². The molecular weight excluding hydrogens is 338 g/mol. The molecule has 1 aromatic heterocycles. The summed E-state index contributed by atoms with van der Waals surface area (Å²) >= 11 is 0. The first-order valence-electron chi connectivity index (χ1n) is 7.91. The number of benzene rings is 2. The molecule has 26 heavy (non-hydrogen) atoms. The maximum Gasteiger partial charge on any atom is 0.229 e. The minimum Gasteiger partial charge on any atom is -0.339 e. The number of aromatic nitrogens is 2. The van der Waals surface area contributed by atoms with Crippen molar-refractivity contribution in [3.63, 3.8) is 0 Å². The van der Waals surface area contributed by atoms with Gasteiger partial charge < -0.3 is 10.6 Å². The van der Waals surface area contributed by atoms with Crippen LogP contribution in [0.1, 0.15) is 11.1 Å². The molecule has 0 radical (unpaired) electrons. The molecule has 0 aliphatic heterocycles. The molecule has 2 N–H and O–H groups in total. The lowest BCUT2D eigenvalue weighted by Crippen LogP contribution is -2.15. The number of rotatable bonds is 5. The number of hydrogen-bond donors (Lipinski definition) is 2. The molecule has 0 aliphatic carbocycles. The lowest BCUT2D eigenvalue weighted by molar-refractivity contribution is -0.115. The maximum absolute atomic E-state index is 13.2. The SMILES string of the molecule is Cc1cccc(CC(=O)Nc2ccc(Nc3ccc(F)c(F)c3)nn2)c1. The number of anilines is 3. The number of carbonyl (C=O) groups excluding carboxylic acids is 1. The summed E-state index contributed by atoms with van der Waals surface area (Å²) in [6, 6.07) is 14.3. The van der Waals surface area contributed by atoms with E-state index in [1.54, 1.807) is 12.1 Å². The Morgan fingerprint density at radius 3 is 2.42 bits per heavy atom. The molecule has 0 fully saturated rings. The van der Waals surface area contributed by atoms with Gasteiger partial charge in [0.1, 0.15) is 0 Å². The molecule has 0 unspecified atom stereocenters. The number of carbonyl (C=O) groups is 1. The summed E-state index contributed by atoms with van der Waals surface area (Å²) in [6.45, 7) is 1.96. The highest BCUT2D eigenvalue weighted by Gasteiger charge is 2.07. The standard InChI is InChI=1S/C19H16F2N4O/c1-12-3-2-4-13(9-12)10-19(26)23-18-8-7-17(24-25-18)22-14-5-6-15(20)16(21)11-14/h2-9,11H,10H2,1H3,(H,22,24)(H,23,25,26). The molecule has 3 aromatic rings. The van der Waals surface area contributed by atoms with Crippen LogP contribution in [0.2, 0.25) is 0 Å². The number of amides is 1. The van der Waals surface area contributed by atoms with Gasteiger partial charge in [-0.1, -0.05) is 29.8 Å². The molecule has 0 saturated carbocycles. The predicted octanol–water partition coefficient (Wildman–Crippen LogP) is 3.99. The van der Waals surface area contributed by atoms with Crippen LogP contribution in [0.25, 0.3) is 0 Å². The lowest BCUT2D eigenvalue weighted by atomic mass is 10.1. The number of halogens is 2. The molecule has 2 aromatic carbocycles. The van der Waals surface area contributed by atoms with E-state index in [0.29, 0.717) is 17.3 Å². The minimum atomic E-state index is -0.956. The van der Waals surface area contributed by atoms with Crippen molar-refractivity contribution in [1.82, 2.24) is 10.2 Å². The molecular formula is C19H16F2N4O. The van der Waals surface area contributed by atoms with Crippen molar-refractivity contribution in [2.24, 2.45) is 0 Å². The third kappa shape index (κ3) is 4.60. The van der Waals surface area contributed by atoms with Crippen LogP contribution in [-0.2, 0) is 11.2 Å². The van der Waals surface area contributed by atoms with Crippen LogP contribution in [0.3, 0.4) is 0 Å². The Balaban J connectivity index is 1.60. The van der Waals surface area contributed by atoms with Crippen molar-refractivity contribution < 1.29 is 13.6 Å². The van der Waals surface area contributed by atoms with Gasteiger partial charge in [0.15, 0.2) is 23.3 Å². The number of nitrogens with one attached hydrogen (secondary N) is 2. The first-order chi connectivity index (χ1) is 12.5. The van der Waals surface area contributed by atoms with Gasteiger partial charge in [-0.15, -0.1) is 10.2 Å². The van der Waals surface area contributed by atoms with Crippen molar-refractivity contribution >= 4 is 23.2 Å². The average molecular weight is 354 g/mol. The zero-order valence-electron chi connectivity index (χ0n) is 14.0. The highest BCUT2D eigenvalue weighted by atomic mass is 19.2. The molecule has 0 saturated heterocycles. The van der Waals surface area contributed by atoms with E-state index in [-0.39, 0.29) is 12.3 Å². The highest BCUT2D eigenvalue weighted by molar-refractivity contribution is 5.91. The minimum absolute atomic E-state index is 0.203. The van der Waals surface area contributed by atoms with Crippen LogP contribution < -0.4 is 10.6 Å². The third-order valence-corrected chi connectivity index (χ3v) is 3.57. The fourth-order valence-corrected chi connectivity index (χ4v) is 2.38. The molecule has 7 heteroatoms. The van der Waals surface area contributed by atoms with Crippen LogP contribution in [0.4, 0.5) is 26.1 Å². The monoisotopic (exact) mass is 354 g/mol. The molecule has 3 rings (SSSR count). The zero-order chi connectivity index (χ0) is 18.5. The maximum atomic E-state index is 13.2. The smallest absolute Gasteiger partial charge is 0.229 e. The van der Waals surface area contributed by atoms with Crippen LogP contribution >= 0.6 is 0 Å². The lowest BCUT2D eigenvalue weighted by Gasteiger charge is -2.07. The Morgan fingerprint density at radius 2 is 1.73 bits per heavy atom. The number of hydrogen-bond acceptors (Lipinski definition) is 4. The normalized spacial score (nSPS) is 10.4. The average Bonchev–Trinajstić information content (AvgIpc) is 2.60. The van der Waals surface area contributed by atoms with E-state index < -0.39 is 11.6 Å². The summed E-state index contributed by atoms with van der Waals surface area (Å²) < 4.78 is 26.1. The summed E-state index contributed by atoms with van der Waals surface area (Å²) in [5, 5.41) is 13.3. The van der Waals surface area contributed by atoms with Crippen LogP contribution in [0.5, 0.6) is 0 Å². The second-order valence-corrected chi connectivity index (χ2v) is 5.77. The van der Waals surface area contributed by atoms with Gasteiger partial charge in [-0.2, -0.15) is 0 Å². The molecule has 0 atom stereocenters. The number of aryl methyl sites for hydroxylation is 1. The van der Waals surface area contributed by atoms with Crippen LogP contribution in [-0.4, -0.2) is 16.1 Å². The van der Waals surface area contributed by atoms with Gasteiger partial charge in [0.25, 0.3) is 0 Å². The molecule has 132 valence electrons. The van der Waals surface area contributed by atoms with Crippen molar-refractivity contribution in [3.05, 3.63) is 77.4 Å². The van der Waals surface area contributed by atoms with Gasteiger partial charge in [-0.3, -0.25) is 4.79 Å². The quantitative estimate of drug-likeness (QED) is 0.727. The van der Waals surface area contributed by atoms with Crippen molar-refractivity contribution in [3.8, 4) is 0 Å². The Labute approximate surface area is 149 Å². The van der Waals surface area contributed by atoms with Gasteiger partial charge in [-0.05, 0) is 36.8 Å². The topological polar surface area (TPSA) is 66.9 Å². The van der Waals surface area contributed by atoms with Crippen molar-refractivity contribution in [2.75, 3.05) is 10.6 Å². The Morgan fingerprint density at radius 1 is 0.962 bits per heavy atom. The van der Waals surface area contributed by atoms with E-state index >= 15 is 0 Å². The highest BCUT2D eigenvalue weighted by Crippen LogP contribution is 2.17. The van der Waals surface area contributed by atoms with Gasteiger partial charge in [-0.25, -0.2) is 8.78 Å². The summed E-state index contributed by atoms with van der Waals surface area (Å²) in [4.78, 5) is 12.1. The number of nitrogens with zero attached hydrogens (tertiary/aromatic N) is 2. The molecule has 0 bridgehead atoms. The third-order valence-electron chi connectivity index (χ3n) is 3.57. The van der Waals surface area contributed by atoms with Crippen molar-refractivity contribution in [2.45, 2.75) is 13.3 Å². The molecule has 1 amide bonds. The molecule has 0 aliphatic rings. The summed E-state index contributed by atoms with van der Waals surface area (Å²) in [5.74, 6) is -1.44. The van der Waals surface area contributed by atoms with E-state index in [1.807, 2.05) is 31.2 Å². The van der Waals surface area contributed by atoms with E-state index in [4.69, 9.17) is 0 Å². The molecule has 0 spiro atoms. The Hall–Kier alpha value is -3.35. The largest absolute Gasteiger partial charge is 0.339 e. The van der Waals surface area contributed by atoms with Crippen LogP contribution in [0, 0.1) is 18.6 Å². The van der Waals surface area contributed by atoms with E-state index in [0.717, 1.165) is 23.3 Å². The Kier molecular flexibility index (Phi) is 5.17. The van der Waals surface area contributed by atoms with Crippen molar-refractivity contribution in [1.29, 1.82) is 0 Å².